The van der Waals surface area contributed by atoms with Crippen LogP contribution < -0.4 is 18.9 Å². The molecule has 0 fully saturated rings. The van der Waals surface area contributed by atoms with Crippen molar-refractivity contribution in [2.24, 2.45) is 5.16 Å². The van der Waals surface area contributed by atoms with Crippen LogP contribution in [0.3, 0.4) is 0 Å². The molecule has 0 radical (unpaired) electrons. The molecule has 0 atom stereocenters. The lowest BCUT2D eigenvalue weighted by molar-refractivity contribution is 0.128. The standard InChI is InChI=1S/C30H32N2O5/c1-20(31-37-19-23-9-7-8-10-28(23)34-4)26-18-27(22-11-14-25(33-3)15-12-22)32(21(26)2)24-13-16-29(35-5)30(17-24)36-6/h7-18H,19H2,1-6H3/b31-20-. The smallest absolute Gasteiger partial charge is 0.162 e. The first-order valence-electron chi connectivity index (χ1n) is 11.9. The number of benzene rings is 3. The van der Waals surface area contributed by atoms with E-state index in [-0.39, 0.29) is 0 Å². The second-order valence-electron chi connectivity index (χ2n) is 8.39. The van der Waals surface area contributed by atoms with E-state index < -0.39 is 0 Å². The van der Waals surface area contributed by atoms with Crippen molar-refractivity contribution in [3.8, 4) is 39.9 Å². The Morgan fingerprint density at radius 1 is 0.757 bits per heavy atom. The lowest BCUT2D eigenvalue weighted by Crippen LogP contribution is -2.03. The zero-order chi connectivity index (χ0) is 26.4. The summed E-state index contributed by atoms with van der Waals surface area (Å²) in [6.45, 7) is 4.32. The van der Waals surface area contributed by atoms with Crippen LogP contribution in [-0.4, -0.2) is 38.7 Å². The van der Waals surface area contributed by atoms with Crippen molar-refractivity contribution in [2.75, 3.05) is 28.4 Å². The summed E-state index contributed by atoms with van der Waals surface area (Å²) in [7, 11) is 6.57. The quantitative estimate of drug-likeness (QED) is 0.186. The highest BCUT2D eigenvalue weighted by Gasteiger charge is 2.19. The molecule has 0 aliphatic rings. The Hall–Kier alpha value is -4.39. The number of para-hydroxylation sites is 1. The normalized spacial score (nSPS) is 11.2. The topological polar surface area (TPSA) is 63.4 Å². The first kappa shape index (κ1) is 25.7. The number of hydrogen-bond acceptors (Lipinski definition) is 6. The average molecular weight is 501 g/mol. The fraction of sp³-hybridized carbons (Fsp3) is 0.233. The van der Waals surface area contributed by atoms with Gasteiger partial charge >= 0.3 is 0 Å². The van der Waals surface area contributed by atoms with Gasteiger partial charge in [-0.2, -0.15) is 0 Å². The lowest BCUT2D eigenvalue weighted by Gasteiger charge is -2.15. The van der Waals surface area contributed by atoms with Crippen molar-refractivity contribution < 1.29 is 23.8 Å². The van der Waals surface area contributed by atoms with Gasteiger partial charge in [0.2, 0.25) is 0 Å². The average Bonchev–Trinajstić information content (AvgIpc) is 3.29. The highest BCUT2D eigenvalue weighted by Crippen LogP contribution is 2.35. The molecule has 37 heavy (non-hydrogen) atoms. The number of hydrogen-bond donors (Lipinski definition) is 0. The molecular weight excluding hydrogens is 468 g/mol. The maximum absolute atomic E-state index is 5.74. The SMILES string of the molecule is COc1ccc(-c2cc(/C(C)=N\OCc3ccccc3OC)c(C)n2-c2ccc(OC)c(OC)c2)cc1. The summed E-state index contributed by atoms with van der Waals surface area (Å²) in [6.07, 6.45) is 0. The summed E-state index contributed by atoms with van der Waals surface area (Å²) >= 11 is 0. The lowest BCUT2D eigenvalue weighted by atomic mass is 10.1. The molecule has 0 unspecified atom stereocenters. The van der Waals surface area contributed by atoms with Gasteiger partial charge in [-0.3, -0.25) is 0 Å². The molecule has 1 heterocycles. The van der Waals surface area contributed by atoms with Crippen molar-refractivity contribution in [3.63, 3.8) is 0 Å². The van der Waals surface area contributed by atoms with E-state index in [4.69, 9.17) is 23.8 Å². The monoisotopic (exact) mass is 500 g/mol. The Morgan fingerprint density at radius 2 is 1.46 bits per heavy atom. The Kier molecular flexibility index (Phi) is 8.03. The van der Waals surface area contributed by atoms with Gasteiger partial charge in [0.1, 0.15) is 18.1 Å². The van der Waals surface area contributed by atoms with Crippen LogP contribution in [0, 0.1) is 6.92 Å². The van der Waals surface area contributed by atoms with E-state index in [1.165, 1.54) is 0 Å². The summed E-state index contributed by atoms with van der Waals surface area (Å²) in [6, 6.07) is 23.7. The summed E-state index contributed by atoms with van der Waals surface area (Å²) in [4.78, 5) is 5.74. The predicted molar refractivity (Wildman–Crippen MR) is 146 cm³/mol. The molecule has 192 valence electrons. The third-order valence-electron chi connectivity index (χ3n) is 6.26. The van der Waals surface area contributed by atoms with Crippen LogP contribution >= 0.6 is 0 Å². The fourth-order valence-corrected chi connectivity index (χ4v) is 4.31. The Bertz CT molecular complexity index is 1390. The molecule has 0 amide bonds. The molecule has 0 saturated heterocycles. The Morgan fingerprint density at radius 3 is 2.14 bits per heavy atom. The second-order valence-corrected chi connectivity index (χ2v) is 8.39. The van der Waals surface area contributed by atoms with Gasteiger partial charge < -0.3 is 28.4 Å². The van der Waals surface area contributed by atoms with Crippen molar-refractivity contribution in [1.29, 1.82) is 0 Å². The van der Waals surface area contributed by atoms with Crippen LogP contribution in [0.2, 0.25) is 0 Å². The van der Waals surface area contributed by atoms with E-state index >= 15 is 0 Å². The summed E-state index contributed by atoms with van der Waals surface area (Å²) in [5.41, 5.74) is 6.66. The van der Waals surface area contributed by atoms with E-state index in [1.807, 2.05) is 73.7 Å². The van der Waals surface area contributed by atoms with Gasteiger partial charge in [-0.1, -0.05) is 23.4 Å². The number of oxime groups is 1. The Balaban J connectivity index is 1.75. The summed E-state index contributed by atoms with van der Waals surface area (Å²) in [5, 5.41) is 4.44. The van der Waals surface area contributed by atoms with Crippen LogP contribution in [0.15, 0.2) is 78.0 Å². The van der Waals surface area contributed by atoms with Gasteiger partial charge in [0.15, 0.2) is 11.5 Å². The third-order valence-corrected chi connectivity index (χ3v) is 6.26. The number of nitrogens with zero attached hydrogens (tertiary/aromatic N) is 2. The zero-order valence-corrected chi connectivity index (χ0v) is 22.1. The first-order chi connectivity index (χ1) is 18.0. The van der Waals surface area contributed by atoms with Gasteiger partial charge in [-0.25, -0.2) is 0 Å². The molecule has 4 aromatic rings. The highest BCUT2D eigenvalue weighted by molar-refractivity contribution is 6.01. The van der Waals surface area contributed by atoms with Crippen molar-refractivity contribution in [3.05, 3.63) is 89.6 Å². The number of aromatic nitrogens is 1. The number of methoxy groups -OCH3 is 4. The largest absolute Gasteiger partial charge is 0.497 e. The van der Waals surface area contributed by atoms with E-state index in [1.54, 1.807) is 28.4 Å². The van der Waals surface area contributed by atoms with Crippen LogP contribution in [0.1, 0.15) is 23.7 Å². The number of rotatable bonds is 10. The maximum Gasteiger partial charge on any atom is 0.162 e. The van der Waals surface area contributed by atoms with Gasteiger partial charge in [-0.15, -0.1) is 0 Å². The Labute approximate surface area is 217 Å². The molecule has 0 N–H and O–H groups in total. The molecule has 7 heteroatoms. The summed E-state index contributed by atoms with van der Waals surface area (Å²) in [5.74, 6) is 2.89. The van der Waals surface area contributed by atoms with Crippen LogP contribution in [-0.2, 0) is 11.4 Å². The van der Waals surface area contributed by atoms with E-state index in [0.29, 0.717) is 18.1 Å². The predicted octanol–water partition coefficient (Wildman–Crippen LogP) is 6.43. The zero-order valence-electron chi connectivity index (χ0n) is 22.1. The van der Waals surface area contributed by atoms with Crippen LogP contribution in [0.5, 0.6) is 23.0 Å². The third kappa shape index (κ3) is 5.40. The molecule has 0 saturated carbocycles. The molecule has 0 spiro atoms. The molecule has 0 aliphatic heterocycles. The minimum atomic E-state index is 0.308. The molecule has 0 aliphatic carbocycles. The van der Waals surface area contributed by atoms with Crippen molar-refractivity contribution in [2.45, 2.75) is 20.5 Å². The first-order valence-corrected chi connectivity index (χ1v) is 11.9. The molecule has 0 bridgehead atoms. The fourth-order valence-electron chi connectivity index (χ4n) is 4.31. The highest BCUT2D eigenvalue weighted by atomic mass is 16.6. The molecule has 1 aromatic heterocycles. The van der Waals surface area contributed by atoms with E-state index in [0.717, 1.165) is 51.0 Å². The molecule has 7 nitrogen and oxygen atoms in total. The van der Waals surface area contributed by atoms with Gasteiger partial charge in [0.25, 0.3) is 0 Å². The van der Waals surface area contributed by atoms with Gasteiger partial charge in [0.05, 0.1) is 39.8 Å². The van der Waals surface area contributed by atoms with Gasteiger partial charge in [0, 0.05) is 28.6 Å². The minimum absolute atomic E-state index is 0.308. The van der Waals surface area contributed by atoms with Crippen molar-refractivity contribution in [1.82, 2.24) is 4.57 Å². The summed E-state index contributed by atoms with van der Waals surface area (Å²) < 4.78 is 24.0. The van der Waals surface area contributed by atoms with E-state index in [2.05, 4.69) is 22.7 Å². The van der Waals surface area contributed by atoms with Crippen molar-refractivity contribution >= 4 is 5.71 Å². The molecule has 4 rings (SSSR count). The van der Waals surface area contributed by atoms with Gasteiger partial charge in [-0.05, 0) is 67.9 Å². The second kappa shape index (κ2) is 11.6. The van der Waals surface area contributed by atoms with Crippen LogP contribution in [0.4, 0.5) is 0 Å². The molecular formula is C30H32N2O5. The number of ether oxygens (including phenoxy) is 4. The van der Waals surface area contributed by atoms with Crippen LogP contribution in [0.25, 0.3) is 16.9 Å². The van der Waals surface area contributed by atoms with E-state index in [9.17, 15) is 0 Å². The minimum Gasteiger partial charge on any atom is -0.497 e. The maximum atomic E-state index is 5.74. The molecule has 3 aromatic carbocycles.